The third-order valence-electron chi connectivity index (χ3n) is 4.00. The summed E-state index contributed by atoms with van der Waals surface area (Å²) in [6.07, 6.45) is 0. The zero-order chi connectivity index (χ0) is 18.9. The van der Waals surface area contributed by atoms with E-state index in [0.717, 1.165) is 16.8 Å². The molecule has 140 valence electrons. The predicted molar refractivity (Wildman–Crippen MR) is 99.6 cm³/mol. The summed E-state index contributed by atoms with van der Waals surface area (Å²) < 4.78 is 24.7. The standard InChI is InChI=1S/C15H18ClN5O3S2/c1-9-3-4-10(2)13(5-9)21-15(18-19-20-21)25-6-14(22)17-12-8-26(23,24)7-11(12)16/h3-5,11-12H,6-8H2,1-2H3,(H,17,22)/t11-,12-/m1/s1. The summed E-state index contributed by atoms with van der Waals surface area (Å²) in [6, 6.07) is 5.39. The minimum Gasteiger partial charge on any atom is -0.350 e. The number of benzene rings is 1. The van der Waals surface area contributed by atoms with Gasteiger partial charge in [-0.2, -0.15) is 4.68 Å². The third kappa shape index (κ3) is 4.36. The van der Waals surface area contributed by atoms with Crippen molar-refractivity contribution >= 4 is 39.1 Å². The van der Waals surface area contributed by atoms with E-state index in [1.807, 2.05) is 32.0 Å². The van der Waals surface area contributed by atoms with E-state index < -0.39 is 21.3 Å². The highest BCUT2D eigenvalue weighted by molar-refractivity contribution is 7.99. The monoisotopic (exact) mass is 415 g/mol. The minimum absolute atomic E-state index is 0.0609. The normalized spacial score (nSPS) is 21.7. The lowest BCUT2D eigenvalue weighted by Gasteiger charge is -2.14. The number of nitrogens with one attached hydrogen (secondary N) is 1. The Labute approximate surface area is 160 Å². The molecule has 0 bridgehead atoms. The summed E-state index contributed by atoms with van der Waals surface area (Å²) in [5.41, 5.74) is 2.93. The second-order valence-corrected chi connectivity index (χ2v) is 9.88. The molecule has 2 heterocycles. The van der Waals surface area contributed by atoms with Gasteiger partial charge in [-0.25, -0.2) is 8.42 Å². The summed E-state index contributed by atoms with van der Waals surface area (Å²) in [5.74, 6) is -0.487. The van der Waals surface area contributed by atoms with Crippen molar-refractivity contribution in [1.29, 1.82) is 0 Å². The molecule has 0 aliphatic carbocycles. The van der Waals surface area contributed by atoms with Crippen LogP contribution in [0.25, 0.3) is 5.69 Å². The molecule has 2 aromatic rings. The first kappa shape index (κ1) is 19.1. The fraction of sp³-hybridized carbons (Fsp3) is 0.467. The number of carbonyl (C=O) groups excluding carboxylic acids is 1. The molecule has 1 aliphatic heterocycles. The van der Waals surface area contributed by atoms with Crippen molar-refractivity contribution in [2.75, 3.05) is 17.3 Å². The number of sulfone groups is 1. The molecule has 3 rings (SSSR count). The van der Waals surface area contributed by atoms with E-state index in [1.54, 1.807) is 4.68 Å². The second kappa shape index (κ2) is 7.53. The summed E-state index contributed by atoms with van der Waals surface area (Å²) in [6.45, 7) is 3.94. The van der Waals surface area contributed by atoms with Crippen LogP contribution < -0.4 is 5.32 Å². The SMILES string of the molecule is Cc1ccc(C)c(-n2nnnc2SCC(=O)N[C@@H]2CS(=O)(=O)C[C@H]2Cl)c1. The number of nitrogens with zero attached hydrogens (tertiary/aromatic N) is 4. The minimum atomic E-state index is -3.19. The Kier molecular flexibility index (Phi) is 5.54. The number of aromatic nitrogens is 4. The van der Waals surface area contributed by atoms with Gasteiger partial charge in [-0.1, -0.05) is 23.9 Å². The molecule has 0 unspecified atom stereocenters. The molecule has 1 aliphatic rings. The van der Waals surface area contributed by atoms with Gasteiger partial charge in [0, 0.05) is 0 Å². The van der Waals surface area contributed by atoms with Crippen molar-refractivity contribution in [3.63, 3.8) is 0 Å². The highest BCUT2D eigenvalue weighted by atomic mass is 35.5. The Morgan fingerprint density at radius 3 is 2.85 bits per heavy atom. The number of halogens is 1. The molecule has 1 saturated heterocycles. The molecule has 0 radical (unpaired) electrons. The number of carbonyl (C=O) groups is 1. The van der Waals surface area contributed by atoms with Gasteiger partial charge in [0.25, 0.3) is 0 Å². The predicted octanol–water partition coefficient (Wildman–Crippen LogP) is 0.892. The van der Waals surface area contributed by atoms with E-state index in [9.17, 15) is 13.2 Å². The van der Waals surface area contributed by atoms with Gasteiger partial charge in [-0.3, -0.25) is 4.79 Å². The number of amides is 1. The number of thioether (sulfide) groups is 1. The first-order chi connectivity index (χ1) is 12.2. The highest BCUT2D eigenvalue weighted by Crippen LogP contribution is 2.22. The van der Waals surface area contributed by atoms with E-state index in [-0.39, 0.29) is 23.2 Å². The Balaban J connectivity index is 1.65. The van der Waals surface area contributed by atoms with Gasteiger partial charge in [0.05, 0.1) is 34.4 Å². The quantitative estimate of drug-likeness (QED) is 0.570. The van der Waals surface area contributed by atoms with E-state index in [4.69, 9.17) is 11.6 Å². The van der Waals surface area contributed by atoms with Crippen LogP contribution in [0.5, 0.6) is 0 Å². The lowest BCUT2D eigenvalue weighted by Crippen LogP contribution is -2.41. The van der Waals surface area contributed by atoms with Gasteiger partial charge in [0.1, 0.15) is 0 Å². The van der Waals surface area contributed by atoms with Crippen molar-refractivity contribution in [3.05, 3.63) is 29.3 Å². The van der Waals surface area contributed by atoms with Crippen LogP contribution in [0.1, 0.15) is 11.1 Å². The number of hydrogen-bond acceptors (Lipinski definition) is 7. The van der Waals surface area contributed by atoms with Crippen molar-refractivity contribution in [1.82, 2.24) is 25.5 Å². The number of aryl methyl sites for hydroxylation is 2. The van der Waals surface area contributed by atoms with E-state index >= 15 is 0 Å². The molecule has 1 N–H and O–H groups in total. The van der Waals surface area contributed by atoms with Crippen molar-refractivity contribution in [2.24, 2.45) is 0 Å². The van der Waals surface area contributed by atoms with Crippen molar-refractivity contribution in [3.8, 4) is 5.69 Å². The number of hydrogen-bond donors (Lipinski definition) is 1. The Hall–Kier alpha value is -1.65. The lowest BCUT2D eigenvalue weighted by atomic mass is 10.1. The fourth-order valence-corrected chi connectivity index (χ4v) is 5.93. The first-order valence-corrected chi connectivity index (χ1v) is 11.1. The zero-order valence-corrected chi connectivity index (χ0v) is 16.6. The summed E-state index contributed by atoms with van der Waals surface area (Å²) in [5, 5.41) is 14.2. The number of tetrazole rings is 1. The summed E-state index contributed by atoms with van der Waals surface area (Å²) in [4.78, 5) is 12.2. The molecular formula is C15H18ClN5O3S2. The Morgan fingerprint density at radius 1 is 1.38 bits per heavy atom. The first-order valence-electron chi connectivity index (χ1n) is 7.88. The van der Waals surface area contributed by atoms with Gasteiger partial charge in [-0.15, -0.1) is 16.7 Å². The van der Waals surface area contributed by atoms with Crippen LogP contribution in [0.3, 0.4) is 0 Å². The van der Waals surface area contributed by atoms with Gasteiger partial charge >= 0.3 is 0 Å². The average Bonchev–Trinajstić information content (AvgIpc) is 3.11. The van der Waals surface area contributed by atoms with Gasteiger partial charge in [0.15, 0.2) is 9.84 Å². The topological polar surface area (TPSA) is 107 Å². The van der Waals surface area contributed by atoms with E-state index in [0.29, 0.717) is 5.16 Å². The van der Waals surface area contributed by atoms with E-state index in [2.05, 4.69) is 20.8 Å². The summed E-state index contributed by atoms with van der Waals surface area (Å²) >= 11 is 7.18. The van der Waals surface area contributed by atoms with Crippen LogP contribution in [0.15, 0.2) is 23.4 Å². The molecule has 0 spiro atoms. The van der Waals surface area contributed by atoms with Gasteiger partial charge in [0.2, 0.25) is 11.1 Å². The molecule has 11 heteroatoms. The molecule has 2 atom stereocenters. The maximum absolute atomic E-state index is 12.2. The molecule has 1 aromatic carbocycles. The molecule has 1 fully saturated rings. The summed E-state index contributed by atoms with van der Waals surface area (Å²) in [7, 11) is -3.19. The number of rotatable bonds is 5. The lowest BCUT2D eigenvalue weighted by molar-refractivity contribution is -0.119. The third-order valence-corrected chi connectivity index (χ3v) is 7.29. The molecule has 1 amide bonds. The Morgan fingerprint density at radius 2 is 2.15 bits per heavy atom. The molecule has 0 saturated carbocycles. The van der Waals surface area contributed by atoms with Crippen LogP contribution >= 0.6 is 23.4 Å². The van der Waals surface area contributed by atoms with Crippen LogP contribution in [-0.4, -0.2) is 63.2 Å². The number of alkyl halides is 1. The maximum Gasteiger partial charge on any atom is 0.230 e. The maximum atomic E-state index is 12.2. The average molecular weight is 416 g/mol. The van der Waals surface area contributed by atoms with Crippen LogP contribution in [0, 0.1) is 13.8 Å². The van der Waals surface area contributed by atoms with Gasteiger partial charge in [-0.05, 0) is 41.5 Å². The smallest absolute Gasteiger partial charge is 0.230 e. The van der Waals surface area contributed by atoms with Crippen LogP contribution in [-0.2, 0) is 14.6 Å². The zero-order valence-electron chi connectivity index (χ0n) is 14.2. The van der Waals surface area contributed by atoms with Crippen LogP contribution in [0.4, 0.5) is 0 Å². The fourth-order valence-electron chi connectivity index (χ4n) is 2.68. The molecule has 8 nitrogen and oxygen atoms in total. The van der Waals surface area contributed by atoms with Crippen molar-refractivity contribution < 1.29 is 13.2 Å². The Bertz CT molecular complexity index is 931. The molecule has 1 aromatic heterocycles. The molecular weight excluding hydrogens is 398 g/mol. The van der Waals surface area contributed by atoms with Crippen molar-refractivity contribution in [2.45, 2.75) is 30.4 Å². The second-order valence-electron chi connectivity index (χ2n) is 6.22. The van der Waals surface area contributed by atoms with E-state index in [1.165, 1.54) is 11.8 Å². The molecule has 26 heavy (non-hydrogen) atoms. The highest BCUT2D eigenvalue weighted by Gasteiger charge is 2.37. The largest absolute Gasteiger partial charge is 0.350 e. The van der Waals surface area contributed by atoms with Crippen LogP contribution in [0.2, 0.25) is 0 Å². The van der Waals surface area contributed by atoms with Gasteiger partial charge < -0.3 is 5.32 Å².